The quantitative estimate of drug-likeness (QED) is 0.321. The third-order valence-corrected chi connectivity index (χ3v) is 1.11. The minimum atomic E-state index is -0.138. The number of carbonyl (C=O) groups is 1. The van der Waals surface area contributed by atoms with Crippen LogP contribution in [0.1, 0.15) is 0 Å². The molecule has 0 amide bonds. The van der Waals surface area contributed by atoms with E-state index in [9.17, 15) is 4.79 Å². The topological polar surface area (TPSA) is 40.9 Å². The first-order valence-electron chi connectivity index (χ1n) is 1.57. The number of carbonyl (C=O) groups excluding carboxylic acids is 1. The summed E-state index contributed by atoms with van der Waals surface area (Å²) in [5.41, 5.74) is 0. The summed E-state index contributed by atoms with van der Waals surface area (Å²) in [7, 11) is 0. The van der Waals surface area contributed by atoms with Crippen molar-refractivity contribution in [1.82, 2.24) is 0 Å². The fraction of sp³-hybridized carbons (Fsp3) is 0. The zero-order valence-electron chi connectivity index (χ0n) is 3.50. The van der Waals surface area contributed by atoms with Crippen molar-refractivity contribution in [3.05, 3.63) is 11.1 Å². The van der Waals surface area contributed by atoms with Crippen molar-refractivity contribution in [3.8, 4) is 4.97 Å². The molecule has 0 saturated heterocycles. The number of aldehydes is 1. The van der Waals surface area contributed by atoms with E-state index < -0.39 is 0 Å². The molecule has 0 spiro atoms. The summed E-state index contributed by atoms with van der Waals surface area (Å²) in [4.78, 5) is 13.0. The van der Waals surface area contributed by atoms with Crippen molar-refractivity contribution in [2.75, 3.05) is 0 Å². The second-order valence-electron chi connectivity index (χ2n) is 0.674. The van der Waals surface area contributed by atoms with Crippen LogP contribution in [-0.2, 0) is 4.79 Å². The van der Waals surface area contributed by atoms with E-state index in [1.54, 1.807) is 4.97 Å². The van der Waals surface area contributed by atoms with Gasteiger partial charge < -0.3 is 0 Å². The summed E-state index contributed by atoms with van der Waals surface area (Å²) >= 11 is -0.138. The molecule has 0 aliphatic heterocycles. The van der Waals surface area contributed by atoms with Gasteiger partial charge in [0.1, 0.15) is 0 Å². The second-order valence-corrected chi connectivity index (χ2v) is 2.12. The molecule has 0 unspecified atom stereocenters. The summed E-state index contributed by atoms with van der Waals surface area (Å²) in [6.07, 6.45) is 2.00. The van der Waals surface area contributed by atoms with Crippen molar-refractivity contribution in [2.24, 2.45) is 0 Å². The zero-order valence-corrected chi connectivity index (χ0v) is 5.21. The molecule has 36 valence electrons. The van der Waals surface area contributed by atoms with E-state index >= 15 is 0 Å². The molecule has 0 fully saturated rings. The molecule has 0 radical (unpaired) electrons. The van der Waals surface area contributed by atoms with Crippen LogP contribution in [0.4, 0.5) is 0 Å². The van der Waals surface area contributed by atoms with Gasteiger partial charge in [-0.05, 0) is 0 Å². The van der Waals surface area contributed by atoms with Crippen molar-refractivity contribution in [1.29, 1.82) is 5.26 Å². The predicted octanol–water partition coefficient (Wildman–Crippen LogP) is -0.116. The third kappa shape index (κ3) is 5.42. The fourth-order valence-corrected chi connectivity index (χ4v) is 0.529. The molecule has 0 bridgehead atoms. The second kappa shape index (κ2) is 5.42. The van der Waals surface area contributed by atoms with Gasteiger partial charge in [-0.25, -0.2) is 0 Å². The van der Waals surface area contributed by atoms with Crippen LogP contribution in [0, 0.1) is 10.2 Å². The number of rotatable bonds is 2. The Balaban J connectivity index is 3.13. The summed E-state index contributed by atoms with van der Waals surface area (Å²) < 4.78 is 0. The number of hydrogen-bond donors (Lipinski definition) is 0. The van der Waals surface area contributed by atoms with Gasteiger partial charge in [0, 0.05) is 0 Å². The van der Waals surface area contributed by atoms with Gasteiger partial charge in [0.25, 0.3) is 0 Å². The zero-order chi connectivity index (χ0) is 5.54. The van der Waals surface area contributed by atoms with Crippen LogP contribution in [0.3, 0.4) is 0 Å². The van der Waals surface area contributed by atoms with E-state index in [0.29, 0.717) is 6.29 Å². The van der Waals surface area contributed by atoms with Crippen LogP contribution < -0.4 is 0 Å². The van der Waals surface area contributed by atoms with Gasteiger partial charge in [-0.3, -0.25) is 0 Å². The van der Waals surface area contributed by atoms with Gasteiger partial charge >= 0.3 is 47.3 Å². The monoisotopic (exact) mass is 161 g/mol. The van der Waals surface area contributed by atoms with E-state index in [2.05, 4.69) is 0 Å². The molecule has 0 atom stereocenters. The summed E-state index contributed by atoms with van der Waals surface area (Å²) in [5.74, 6) is 0. The Morgan fingerprint density at radius 2 is 2.43 bits per heavy atom. The van der Waals surface area contributed by atoms with E-state index in [1.165, 1.54) is 6.08 Å². The molecule has 7 heavy (non-hydrogen) atoms. The Morgan fingerprint density at radius 1 is 1.71 bits per heavy atom. The van der Waals surface area contributed by atoms with Crippen molar-refractivity contribution >= 4 is 21.2 Å². The van der Waals surface area contributed by atoms with Gasteiger partial charge in [-0.1, -0.05) is 0 Å². The van der Waals surface area contributed by atoms with E-state index in [4.69, 9.17) is 5.26 Å². The average Bonchev–Trinajstić information content (AvgIpc) is 1.69. The number of nitriles is 1. The fourth-order valence-electron chi connectivity index (χ4n) is 0.102. The van der Waals surface area contributed by atoms with Gasteiger partial charge in [0.15, 0.2) is 0 Å². The molecule has 2 nitrogen and oxygen atoms in total. The molecule has 0 saturated carbocycles. The molecule has 3 heteroatoms. The van der Waals surface area contributed by atoms with Gasteiger partial charge in [-0.15, -0.1) is 0 Å². The Labute approximate surface area is 48.0 Å². The molecule has 0 aliphatic carbocycles. The molecule has 0 aromatic heterocycles. The van der Waals surface area contributed by atoms with Crippen LogP contribution >= 0.6 is 0 Å². The van der Waals surface area contributed by atoms with Crippen LogP contribution in [-0.4, -0.2) is 21.2 Å². The molecular formula is C4H3NOSe. The van der Waals surface area contributed by atoms with Gasteiger partial charge in [-0.2, -0.15) is 0 Å². The molecule has 0 heterocycles. The summed E-state index contributed by atoms with van der Waals surface area (Å²) in [6, 6.07) is 0. The molecule has 0 N–H and O–H groups in total. The SMILES string of the molecule is N#C[Se]/C=C/C=O. The van der Waals surface area contributed by atoms with E-state index in [-0.39, 0.29) is 15.0 Å². The van der Waals surface area contributed by atoms with Crippen LogP contribution in [0.15, 0.2) is 11.1 Å². The minimum absolute atomic E-state index is 0.138. The molecule has 0 aromatic carbocycles. The number of allylic oxidation sites excluding steroid dienone is 1. The average molecular weight is 160 g/mol. The normalized spacial score (nSPS) is 8.43. The van der Waals surface area contributed by atoms with Crippen LogP contribution in [0.2, 0.25) is 0 Å². The van der Waals surface area contributed by atoms with Gasteiger partial charge in [0.2, 0.25) is 0 Å². The maximum atomic E-state index is 9.49. The van der Waals surface area contributed by atoms with E-state index in [0.717, 1.165) is 0 Å². The molecule has 0 aliphatic rings. The summed E-state index contributed by atoms with van der Waals surface area (Å²) in [5, 5.41) is 7.90. The van der Waals surface area contributed by atoms with Crippen molar-refractivity contribution in [3.63, 3.8) is 0 Å². The standard InChI is InChI=1S/C4H3NOSe/c5-4-7-3-1-2-6/h1-3H/b3-1+. The first kappa shape index (κ1) is 6.42. The first-order valence-corrected chi connectivity index (χ1v) is 3.41. The Hall–Kier alpha value is -0.581. The predicted molar refractivity (Wildman–Crippen MR) is 26.6 cm³/mol. The first-order chi connectivity index (χ1) is 3.41. The van der Waals surface area contributed by atoms with E-state index in [1.807, 2.05) is 4.97 Å². The van der Waals surface area contributed by atoms with Gasteiger partial charge in [0.05, 0.1) is 0 Å². The molecule has 0 aromatic rings. The number of nitrogens with zero attached hydrogens (tertiary/aromatic N) is 1. The van der Waals surface area contributed by atoms with Crippen LogP contribution in [0.25, 0.3) is 0 Å². The third-order valence-electron chi connectivity index (χ3n) is 0.278. The summed E-state index contributed by atoms with van der Waals surface area (Å²) in [6.45, 7) is 0. The van der Waals surface area contributed by atoms with Crippen LogP contribution in [0.5, 0.6) is 0 Å². The van der Waals surface area contributed by atoms with Crippen molar-refractivity contribution < 1.29 is 4.79 Å². The Bertz CT molecular complexity index is 113. The Morgan fingerprint density at radius 3 is 2.86 bits per heavy atom. The maximum absolute atomic E-state index is 9.49. The number of hydrogen-bond acceptors (Lipinski definition) is 2. The van der Waals surface area contributed by atoms with Crippen molar-refractivity contribution in [2.45, 2.75) is 0 Å². The molecular weight excluding hydrogens is 157 g/mol. The Kier molecular flexibility index (Phi) is 4.97. The molecule has 0 rings (SSSR count).